The molecule has 1 fully saturated rings. The number of fused-ring (bicyclic) bond motifs is 1. The van der Waals surface area contributed by atoms with Crippen molar-refractivity contribution >= 4 is 11.7 Å². The highest BCUT2D eigenvalue weighted by atomic mass is 16.2. The molecular weight excluding hydrogens is 340 g/mol. The molecule has 7 nitrogen and oxygen atoms in total. The molecule has 1 N–H and O–H groups in total. The van der Waals surface area contributed by atoms with E-state index in [1.165, 1.54) is 12.0 Å². The Kier molecular flexibility index (Phi) is 5.09. The van der Waals surface area contributed by atoms with Gasteiger partial charge >= 0.3 is 6.03 Å². The summed E-state index contributed by atoms with van der Waals surface area (Å²) in [5.41, 5.74) is 2.96. The van der Waals surface area contributed by atoms with E-state index in [0.717, 1.165) is 43.7 Å². The molecule has 7 heteroatoms. The van der Waals surface area contributed by atoms with Crippen LogP contribution >= 0.6 is 0 Å². The summed E-state index contributed by atoms with van der Waals surface area (Å²) in [4.78, 5) is 19.3. The van der Waals surface area contributed by atoms with Crippen molar-refractivity contribution in [2.45, 2.75) is 51.7 Å². The van der Waals surface area contributed by atoms with Crippen LogP contribution < -0.4 is 5.32 Å². The van der Waals surface area contributed by atoms with Crippen molar-refractivity contribution in [3.63, 3.8) is 0 Å². The summed E-state index contributed by atoms with van der Waals surface area (Å²) in [6.07, 6.45) is 12.0. The van der Waals surface area contributed by atoms with Crippen molar-refractivity contribution in [2.75, 3.05) is 6.54 Å². The number of nitrogens with one attached hydrogen (secondary N) is 1. The smallest absolute Gasteiger partial charge is 0.317 e. The average molecular weight is 366 g/mol. The van der Waals surface area contributed by atoms with Gasteiger partial charge in [0.05, 0.1) is 12.2 Å². The Labute approximate surface area is 159 Å². The van der Waals surface area contributed by atoms with Gasteiger partial charge in [-0.1, -0.05) is 6.07 Å². The summed E-state index contributed by atoms with van der Waals surface area (Å²) in [7, 11) is 0. The lowest BCUT2D eigenvalue weighted by molar-refractivity contribution is 0.143. The Morgan fingerprint density at radius 2 is 2.22 bits per heavy atom. The van der Waals surface area contributed by atoms with Crippen LogP contribution in [0.1, 0.15) is 36.9 Å². The maximum Gasteiger partial charge on any atom is 0.317 e. The molecule has 1 aliphatic rings. The van der Waals surface area contributed by atoms with Gasteiger partial charge in [-0.15, -0.1) is 0 Å². The number of piperidine rings is 1. The first-order valence-electron chi connectivity index (χ1n) is 9.65. The van der Waals surface area contributed by atoms with Crippen LogP contribution in [0.3, 0.4) is 0 Å². The second-order valence-corrected chi connectivity index (χ2v) is 7.26. The number of likely N-dealkylation sites (tertiary alicyclic amines) is 1. The van der Waals surface area contributed by atoms with Gasteiger partial charge in [0.15, 0.2) is 0 Å². The van der Waals surface area contributed by atoms with E-state index >= 15 is 0 Å². The molecule has 0 radical (unpaired) electrons. The molecule has 0 bridgehead atoms. The molecule has 3 aromatic heterocycles. The second-order valence-electron chi connectivity index (χ2n) is 7.26. The number of nitrogens with zero attached hydrogens (tertiary/aromatic N) is 5. The van der Waals surface area contributed by atoms with E-state index in [1.807, 2.05) is 50.8 Å². The minimum Gasteiger partial charge on any atom is -0.332 e. The largest absolute Gasteiger partial charge is 0.332 e. The lowest BCUT2D eigenvalue weighted by Gasteiger charge is -2.35. The van der Waals surface area contributed by atoms with Crippen LogP contribution in [0.2, 0.25) is 0 Å². The quantitative estimate of drug-likeness (QED) is 0.755. The Morgan fingerprint density at radius 3 is 3.07 bits per heavy atom. The molecule has 27 heavy (non-hydrogen) atoms. The van der Waals surface area contributed by atoms with Gasteiger partial charge in [0.1, 0.15) is 5.65 Å². The number of hydrogen-bond donors (Lipinski definition) is 1. The Hall–Kier alpha value is -2.83. The summed E-state index contributed by atoms with van der Waals surface area (Å²) in [6, 6.07) is 6.25. The molecule has 0 spiro atoms. The number of carbonyl (C=O) groups is 1. The van der Waals surface area contributed by atoms with Crippen LogP contribution in [0.4, 0.5) is 4.79 Å². The number of aryl methyl sites for hydroxylation is 2. The number of imidazole rings is 1. The summed E-state index contributed by atoms with van der Waals surface area (Å²) in [6.45, 7) is 4.16. The maximum atomic E-state index is 12.8. The third-order valence-corrected chi connectivity index (χ3v) is 5.21. The fraction of sp³-hybridized carbons (Fsp3) is 0.450. The molecule has 1 saturated heterocycles. The number of carbonyl (C=O) groups excluding carboxylic acids is 1. The lowest BCUT2D eigenvalue weighted by Crippen LogP contribution is -2.48. The molecule has 1 aliphatic heterocycles. The van der Waals surface area contributed by atoms with E-state index in [2.05, 4.69) is 22.3 Å². The standard InChI is InChI=1S/C20H26N6O/c1-16-6-7-19-23-17(15-24(19)14-16)13-21-20(27)26-11-3-2-5-18(26)8-12-25-10-4-9-22-25/h4,6-7,9-10,14-15,18H,2-3,5,8,11-13H2,1H3,(H,21,27). The zero-order valence-corrected chi connectivity index (χ0v) is 15.7. The molecule has 0 aromatic carbocycles. The van der Waals surface area contributed by atoms with Gasteiger partial charge in [-0.05, 0) is 50.3 Å². The van der Waals surface area contributed by atoms with E-state index < -0.39 is 0 Å². The maximum absolute atomic E-state index is 12.8. The van der Waals surface area contributed by atoms with E-state index in [9.17, 15) is 4.79 Å². The van der Waals surface area contributed by atoms with Crippen LogP contribution in [-0.2, 0) is 13.1 Å². The van der Waals surface area contributed by atoms with E-state index in [1.54, 1.807) is 6.20 Å². The topological polar surface area (TPSA) is 67.5 Å². The molecule has 1 unspecified atom stereocenters. The summed E-state index contributed by atoms with van der Waals surface area (Å²) >= 11 is 0. The highest BCUT2D eigenvalue weighted by molar-refractivity contribution is 5.74. The molecule has 142 valence electrons. The van der Waals surface area contributed by atoms with Crippen LogP contribution in [0.25, 0.3) is 5.65 Å². The van der Waals surface area contributed by atoms with Gasteiger partial charge in [0.25, 0.3) is 0 Å². The van der Waals surface area contributed by atoms with Gasteiger partial charge in [-0.25, -0.2) is 9.78 Å². The predicted molar refractivity (Wildman–Crippen MR) is 103 cm³/mol. The minimum absolute atomic E-state index is 0.00778. The fourth-order valence-electron chi connectivity index (χ4n) is 3.79. The van der Waals surface area contributed by atoms with Gasteiger partial charge < -0.3 is 14.6 Å². The molecule has 4 rings (SSSR count). The number of amides is 2. The SMILES string of the molecule is Cc1ccc2nc(CNC(=O)N3CCCCC3CCn3cccn3)cn2c1. The van der Waals surface area contributed by atoms with Crippen molar-refractivity contribution in [3.05, 3.63) is 54.2 Å². The Morgan fingerprint density at radius 1 is 1.30 bits per heavy atom. The van der Waals surface area contributed by atoms with Crippen molar-refractivity contribution in [2.24, 2.45) is 0 Å². The first kappa shape index (κ1) is 17.6. The Bertz CT molecular complexity index is 900. The van der Waals surface area contributed by atoms with Gasteiger partial charge in [-0.3, -0.25) is 4.68 Å². The number of urea groups is 1. The van der Waals surface area contributed by atoms with Crippen LogP contribution in [0, 0.1) is 6.92 Å². The van der Waals surface area contributed by atoms with Crippen LogP contribution in [0.15, 0.2) is 43.0 Å². The lowest BCUT2D eigenvalue weighted by atomic mass is 10.00. The van der Waals surface area contributed by atoms with E-state index in [4.69, 9.17) is 0 Å². The summed E-state index contributed by atoms with van der Waals surface area (Å²) in [5.74, 6) is 0. The predicted octanol–water partition coefficient (Wildman–Crippen LogP) is 2.99. The molecule has 4 heterocycles. The third kappa shape index (κ3) is 4.13. The van der Waals surface area contributed by atoms with Crippen molar-refractivity contribution in [3.8, 4) is 0 Å². The monoisotopic (exact) mass is 366 g/mol. The number of rotatable bonds is 5. The average Bonchev–Trinajstić information content (AvgIpc) is 3.33. The van der Waals surface area contributed by atoms with Crippen LogP contribution in [-0.4, -0.2) is 42.7 Å². The molecule has 0 aliphatic carbocycles. The molecule has 1 atom stereocenters. The summed E-state index contributed by atoms with van der Waals surface area (Å²) in [5, 5.41) is 7.32. The second kappa shape index (κ2) is 7.82. The first-order chi connectivity index (χ1) is 13.2. The highest BCUT2D eigenvalue weighted by Crippen LogP contribution is 2.20. The molecule has 3 aromatic rings. The number of aromatic nitrogens is 4. The Balaban J connectivity index is 1.36. The summed E-state index contributed by atoms with van der Waals surface area (Å²) < 4.78 is 3.94. The minimum atomic E-state index is 0.00778. The normalized spacial score (nSPS) is 17.4. The van der Waals surface area contributed by atoms with Crippen LogP contribution in [0.5, 0.6) is 0 Å². The fourth-order valence-corrected chi connectivity index (χ4v) is 3.79. The van der Waals surface area contributed by atoms with Gasteiger partial charge in [0, 0.05) is 43.9 Å². The molecule has 0 saturated carbocycles. The molecular formula is C20H26N6O. The number of pyridine rings is 1. The zero-order valence-electron chi connectivity index (χ0n) is 15.7. The van der Waals surface area contributed by atoms with Crippen molar-refractivity contribution in [1.82, 2.24) is 29.4 Å². The van der Waals surface area contributed by atoms with E-state index in [0.29, 0.717) is 6.54 Å². The highest BCUT2D eigenvalue weighted by Gasteiger charge is 2.26. The van der Waals surface area contributed by atoms with Crippen molar-refractivity contribution in [1.29, 1.82) is 0 Å². The third-order valence-electron chi connectivity index (χ3n) is 5.21. The zero-order chi connectivity index (χ0) is 18.6. The number of hydrogen-bond acceptors (Lipinski definition) is 3. The van der Waals surface area contributed by atoms with Crippen molar-refractivity contribution < 1.29 is 4.79 Å². The first-order valence-corrected chi connectivity index (χ1v) is 9.65. The van der Waals surface area contributed by atoms with Gasteiger partial charge in [-0.2, -0.15) is 5.10 Å². The molecule has 2 amide bonds. The van der Waals surface area contributed by atoms with Gasteiger partial charge in [0.2, 0.25) is 0 Å². The van der Waals surface area contributed by atoms with E-state index in [-0.39, 0.29) is 12.1 Å².